The van der Waals surface area contributed by atoms with E-state index in [-0.39, 0.29) is 29.6 Å². The molecule has 3 N–H and O–H groups in total. The van der Waals surface area contributed by atoms with Crippen LogP contribution in [0.1, 0.15) is 32.9 Å². The molecule has 0 aliphatic carbocycles. The number of fused-ring (bicyclic) bond motifs is 2. The van der Waals surface area contributed by atoms with Crippen molar-refractivity contribution >= 4 is 32.5 Å². The third-order valence-corrected chi connectivity index (χ3v) is 8.61. The quantitative estimate of drug-likeness (QED) is 0.415. The number of amides is 1. The van der Waals surface area contributed by atoms with Crippen LogP contribution in [-0.2, 0) is 36.6 Å². The standard InChI is InChI=1S/C25H26N6O3S/c1-16-23(35(33,34)31-11-8-17-13-27-10-7-19(17)15-31)12-22(30(16)2)25(32)29-14-18-5-6-21(26)24-20(18)4-3-9-28-24/h3-7,9-10,12-13H,8,11,14-15,26H2,1-2H3,(H,29,32). The molecule has 180 valence electrons. The first kappa shape index (κ1) is 23.0. The summed E-state index contributed by atoms with van der Waals surface area (Å²) in [4.78, 5) is 21.7. The van der Waals surface area contributed by atoms with Crippen LogP contribution in [0.5, 0.6) is 0 Å². The number of carbonyl (C=O) groups excluding carboxylic acids is 1. The number of rotatable bonds is 5. The molecule has 4 aromatic rings. The van der Waals surface area contributed by atoms with Crippen molar-refractivity contribution in [1.29, 1.82) is 0 Å². The number of nitrogen functional groups attached to an aromatic ring is 1. The van der Waals surface area contributed by atoms with Crippen molar-refractivity contribution in [3.63, 3.8) is 0 Å². The highest BCUT2D eigenvalue weighted by atomic mass is 32.2. The number of hydrogen-bond donors (Lipinski definition) is 2. The zero-order chi connectivity index (χ0) is 24.7. The van der Waals surface area contributed by atoms with E-state index in [0.717, 1.165) is 22.1 Å². The number of aromatic nitrogens is 3. The molecule has 0 spiro atoms. The minimum Gasteiger partial charge on any atom is -0.397 e. The molecule has 1 aromatic carbocycles. The van der Waals surface area contributed by atoms with Crippen LogP contribution in [0.2, 0.25) is 0 Å². The zero-order valence-corrected chi connectivity index (χ0v) is 20.3. The summed E-state index contributed by atoms with van der Waals surface area (Å²) in [5, 5.41) is 3.77. The van der Waals surface area contributed by atoms with Crippen LogP contribution in [0.3, 0.4) is 0 Å². The molecule has 0 unspecified atom stereocenters. The fourth-order valence-corrected chi connectivity index (χ4v) is 6.21. The Balaban J connectivity index is 1.39. The van der Waals surface area contributed by atoms with Gasteiger partial charge in [0.05, 0.1) is 11.2 Å². The maximum absolute atomic E-state index is 13.5. The molecule has 0 bridgehead atoms. The summed E-state index contributed by atoms with van der Waals surface area (Å²) in [6.45, 7) is 2.62. The first-order valence-electron chi connectivity index (χ1n) is 11.3. The number of pyridine rings is 2. The first-order valence-corrected chi connectivity index (χ1v) is 12.7. The van der Waals surface area contributed by atoms with E-state index in [2.05, 4.69) is 15.3 Å². The van der Waals surface area contributed by atoms with Crippen LogP contribution < -0.4 is 11.1 Å². The Kier molecular flexibility index (Phi) is 5.78. The molecule has 5 rings (SSSR count). The molecule has 0 saturated heterocycles. The lowest BCUT2D eigenvalue weighted by Crippen LogP contribution is -2.36. The van der Waals surface area contributed by atoms with Gasteiger partial charge in [0.25, 0.3) is 5.91 Å². The molecule has 1 amide bonds. The number of nitrogens with one attached hydrogen (secondary N) is 1. The Morgan fingerprint density at radius 1 is 1.17 bits per heavy atom. The summed E-state index contributed by atoms with van der Waals surface area (Å²) >= 11 is 0. The van der Waals surface area contributed by atoms with Gasteiger partial charge in [-0.15, -0.1) is 0 Å². The maximum Gasteiger partial charge on any atom is 0.268 e. The molecule has 9 nitrogen and oxygen atoms in total. The third kappa shape index (κ3) is 4.04. The molecular formula is C25H26N6O3S. The summed E-state index contributed by atoms with van der Waals surface area (Å²) in [6, 6.07) is 10.7. The highest BCUT2D eigenvalue weighted by Gasteiger charge is 2.32. The molecule has 3 aromatic heterocycles. The molecule has 0 atom stereocenters. The average molecular weight is 491 g/mol. The Morgan fingerprint density at radius 3 is 2.83 bits per heavy atom. The molecule has 1 aliphatic rings. The molecular weight excluding hydrogens is 464 g/mol. The van der Waals surface area contributed by atoms with Gasteiger partial charge in [0.15, 0.2) is 0 Å². The Bertz CT molecular complexity index is 1560. The van der Waals surface area contributed by atoms with Crippen molar-refractivity contribution in [3.8, 4) is 0 Å². The van der Waals surface area contributed by atoms with Crippen LogP contribution >= 0.6 is 0 Å². The summed E-state index contributed by atoms with van der Waals surface area (Å²) in [5.41, 5.74) is 11.0. The topological polar surface area (TPSA) is 123 Å². The average Bonchev–Trinajstić information content (AvgIpc) is 3.18. The SMILES string of the molecule is Cc1c(S(=O)(=O)N2CCc3cnccc3C2)cc(C(=O)NCc2ccc(N)c3ncccc23)n1C. The molecule has 0 fully saturated rings. The van der Waals surface area contributed by atoms with Crippen LogP contribution in [0.15, 0.2) is 59.9 Å². The number of anilines is 1. The lowest BCUT2D eigenvalue weighted by Gasteiger charge is -2.27. The summed E-state index contributed by atoms with van der Waals surface area (Å²) in [6.07, 6.45) is 5.74. The lowest BCUT2D eigenvalue weighted by molar-refractivity contribution is 0.0942. The summed E-state index contributed by atoms with van der Waals surface area (Å²) in [5.74, 6) is -0.360. The van der Waals surface area contributed by atoms with Gasteiger partial charge in [-0.3, -0.25) is 14.8 Å². The van der Waals surface area contributed by atoms with Crippen LogP contribution in [-0.4, -0.2) is 39.7 Å². The van der Waals surface area contributed by atoms with Gasteiger partial charge in [0, 0.05) is 56.4 Å². The molecule has 0 radical (unpaired) electrons. The van der Waals surface area contributed by atoms with Crippen molar-refractivity contribution < 1.29 is 13.2 Å². The minimum absolute atomic E-state index is 0.143. The van der Waals surface area contributed by atoms with Crippen molar-refractivity contribution in [2.75, 3.05) is 12.3 Å². The molecule has 35 heavy (non-hydrogen) atoms. The second kappa shape index (κ2) is 8.79. The Labute approximate surface area is 203 Å². The van der Waals surface area contributed by atoms with Crippen molar-refractivity contribution in [2.45, 2.75) is 31.3 Å². The highest BCUT2D eigenvalue weighted by Crippen LogP contribution is 2.28. The smallest absolute Gasteiger partial charge is 0.268 e. The second-order valence-electron chi connectivity index (χ2n) is 8.67. The Hall–Kier alpha value is -3.76. The van der Waals surface area contributed by atoms with E-state index in [4.69, 9.17) is 5.73 Å². The molecule has 1 aliphatic heterocycles. The van der Waals surface area contributed by atoms with Crippen molar-refractivity contribution in [3.05, 3.63) is 83.1 Å². The number of nitrogens with two attached hydrogens (primary N) is 1. The fraction of sp³-hybridized carbons (Fsp3) is 0.240. The van der Waals surface area contributed by atoms with Crippen LogP contribution in [0.4, 0.5) is 5.69 Å². The van der Waals surface area contributed by atoms with Gasteiger partial charge >= 0.3 is 0 Å². The van der Waals surface area contributed by atoms with E-state index >= 15 is 0 Å². The van der Waals surface area contributed by atoms with Crippen molar-refractivity contribution in [1.82, 2.24) is 24.2 Å². The number of benzene rings is 1. The predicted octanol–water partition coefficient (Wildman–Crippen LogP) is 2.54. The molecule has 0 saturated carbocycles. The number of carbonyl (C=O) groups is 1. The minimum atomic E-state index is -3.78. The van der Waals surface area contributed by atoms with Gasteiger partial charge in [-0.05, 0) is 54.3 Å². The summed E-state index contributed by atoms with van der Waals surface area (Å²) < 4.78 is 30.1. The van der Waals surface area contributed by atoms with Gasteiger partial charge in [0.2, 0.25) is 10.0 Å². The normalized spacial score (nSPS) is 14.1. The van der Waals surface area contributed by atoms with E-state index < -0.39 is 10.0 Å². The van der Waals surface area contributed by atoms with E-state index in [9.17, 15) is 13.2 Å². The fourth-order valence-electron chi connectivity index (χ4n) is 4.52. The summed E-state index contributed by atoms with van der Waals surface area (Å²) in [7, 11) is -2.08. The predicted molar refractivity (Wildman–Crippen MR) is 133 cm³/mol. The van der Waals surface area contributed by atoms with E-state index in [1.54, 1.807) is 43.2 Å². The number of nitrogens with zero attached hydrogens (tertiary/aromatic N) is 4. The van der Waals surface area contributed by atoms with E-state index in [1.165, 1.54) is 10.4 Å². The van der Waals surface area contributed by atoms with Gasteiger partial charge in [-0.25, -0.2) is 8.42 Å². The number of hydrogen-bond acceptors (Lipinski definition) is 6. The van der Waals surface area contributed by atoms with E-state index in [0.29, 0.717) is 29.9 Å². The van der Waals surface area contributed by atoms with Gasteiger partial charge in [-0.2, -0.15) is 4.31 Å². The van der Waals surface area contributed by atoms with Gasteiger partial charge < -0.3 is 15.6 Å². The third-order valence-electron chi connectivity index (χ3n) is 6.65. The van der Waals surface area contributed by atoms with Crippen LogP contribution in [0, 0.1) is 6.92 Å². The molecule has 10 heteroatoms. The second-order valence-corrected chi connectivity index (χ2v) is 10.6. The maximum atomic E-state index is 13.5. The largest absolute Gasteiger partial charge is 0.397 e. The molecule has 4 heterocycles. The van der Waals surface area contributed by atoms with Gasteiger partial charge in [0.1, 0.15) is 10.6 Å². The first-order chi connectivity index (χ1) is 16.8. The zero-order valence-electron chi connectivity index (χ0n) is 19.5. The van der Waals surface area contributed by atoms with Crippen LogP contribution in [0.25, 0.3) is 10.9 Å². The van der Waals surface area contributed by atoms with Crippen molar-refractivity contribution in [2.24, 2.45) is 7.05 Å². The lowest BCUT2D eigenvalue weighted by atomic mass is 10.0. The number of sulfonamides is 1. The Morgan fingerprint density at radius 2 is 2.00 bits per heavy atom. The van der Waals surface area contributed by atoms with Gasteiger partial charge in [-0.1, -0.05) is 12.1 Å². The monoisotopic (exact) mass is 490 g/mol. The van der Waals surface area contributed by atoms with E-state index in [1.807, 2.05) is 24.3 Å². The highest BCUT2D eigenvalue weighted by molar-refractivity contribution is 7.89.